The SMILES string of the molecule is Nc1ncc(C(=O)NC2CCC(=O)NC2=O)s1. The van der Waals surface area contributed by atoms with Crippen molar-refractivity contribution in [1.29, 1.82) is 0 Å². The second-order valence-corrected chi connectivity index (χ2v) is 4.60. The van der Waals surface area contributed by atoms with Gasteiger partial charge in [-0.25, -0.2) is 4.98 Å². The molecule has 0 spiro atoms. The molecule has 1 atom stereocenters. The molecular formula is C9H10N4O3S. The number of piperidine rings is 1. The molecule has 4 N–H and O–H groups in total. The molecule has 17 heavy (non-hydrogen) atoms. The Kier molecular flexibility index (Phi) is 3.05. The number of nitrogens with one attached hydrogen (secondary N) is 2. The zero-order chi connectivity index (χ0) is 12.4. The molecule has 1 aromatic rings. The fourth-order valence-corrected chi connectivity index (χ4v) is 2.04. The fraction of sp³-hybridized carbons (Fsp3) is 0.333. The number of imide groups is 1. The molecule has 0 aromatic carbocycles. The van der Waals surface area contributed by atoms with E-state index in [0.717, 1.165) is 11.3 Å². The van der Waals surface area contributed by atoms with Gasteiger partial charge in [-0.15, -0.1) is 0 Å². The molecule has 1 fully saturated rings. The van der Waals surface area contributed by atoms with Crippen molar-refractivity contribution in [3.63, 3.8) is 0 Å². The molecule has 1 aliphatic rings. The van der Waals surface area contributed by atoms with Crippen molar-refractivity contribution in [1.82, 2.24) is 15.6 Å². The Balaban J connectivity index is 1.99. The minimum Gasteiger partial charge on any atom is -0.375 e. The molecular weight excluding hydrogens is 244 g/mol. The number of nitrogens with two attached hydrogens (primary N) is 1. The van der Waals surface area contributed by atoms with Crippen molar-refractivity contribution < 1.29 is 14.4 Å². The van der Waals surface area contributed by atoms with Gasteiger partial charge in [0.2, 0.25) is 11.8 Å². The standard InChI is InChI=1S/C9H10N4O3S/c10-9-11-3-5(17-9)8(16)12-4-1-2-6(14)13-7(4)15/h3-4H,1-2H2,(H2,10,11)(H,12,16)(H,13,14,15). The minimum atomic E-state index is -0.677. The topological polar surface area (TPSA) is 114 Å². The summed E-state index contributed by atoms with van der Waals surface area (Å²) in [6, 6.07) is -0.677. The second-order valence-electron chi connectivity index (χ2n) is 3.54. The third-order valence-corrected chi connectivity index (χ3v) is 3.12. The Bertz CT molecular complexity index is 484. The smallest absolute Gasteiger partial charge is 0.263 e. The molecule has 0 aliphatic carbocycles. The molecule has 0 bridgehead atoms. The van der Waals surface area contributed by atoms with Crippen molar-refractivity contribution in [2.24, 2.45) is 0 Å². The molecule has 3 amide bonds. The zero-order valence-corrected chi connectivity index (χ0v) is 9.54. The molecule has 0 saturated carbocycles. The monoisotopic (exact) mass is 254 g/mol. The Morgan fingerprint density at radius 1 is 1.59 bits per heavy atom. The summed E-state index contributed by atoms with van der Waals surface area (Å²) in [6.45, 7) is 0. The molecule has 7 nitrogen and oxygen atoms in total. The number of thiazole rings is 1. The van der Waals surface area contributed by atoms with E-state index >= 15 is 0 Å². The van der Waals surface area contributed by atoms with Crippen molar-refractivity contribution >= 4 is 34.2 Å². The average molecular weight is 254 g/mol. The first-order valence-electron chi connectivity index (χ1n) is 4.92. The highest BCUT2D eigenvalue weighted by molar-refractivity contribution is 7.17. The quantitative estimate of drug-likeness (QED) is 0.601. The Morgan fingerprint density at radius 2 is 2.35 bits per heavy atom. The Morgan fingerprint density at radius 3 is 2.94 bits per heavy atom. The van der Waals surface area contributed by atoms with E-state index in [4.69, 9.17) is 5.73 Å². The predicted octanol–water partition coefficient (Wildman–Crippen LogP) is -0.740. The van der Waals surface area contributed by atoms with Crippen LogP contribution in [0, 0.1) is 0 Å². The largest absolute Gasteiger partial charge is 0.375 e. The van der Waals surface area contributed by atoms with Gasteiger partial charge in [-0.2, -0.15) is 0 Å². The van der Waals surface area contributed by atoms with E-state index in [0.29, 0.717) is 16.4 Å². The molecule has 1 aromatic heterocycles. The summed E-state index contributed by atoms with van der Waals surface area (Å²) >= 11 is 1.04. The molecule has 2 heterocycles. The summed E-state index contributed by atoms with van der Waals surface area (Å²) in [6.07, 6.45) is 1.88. The van der Waals surface area contributed by atoms with Crippen LogP contribution in [0.15, 0.2) is 6.20 Å². The van der Waals surface area contributed by atoms with Gasteiger partial charge in [-0.05, 0) is 6.42 Å². The summed E-state index contributed by atoms with van der Waals surface area (Å²) in [5.74, 6) is -1.21. The van der Waals surface area contributed by atoms with E-state index in [9.17, 15) is 14.4 Å². The summed E-state index contributed by atoms with van der Waals surface area (Å²) in [4.78, 5) is 38.1. The number of hydrogen-bond donors (Lipinski definition) is 3. The first kappa shape index (κ1) is 11.5. The zero-order valence-electron chi connectivity index (χ0n) is 8.73. The lowest BCUT2D eigenvalue weighted by Gasteiger charge is -2.21. The van der Waals surface area contributed by atoms with Crippen LogP contribution < -0.4 is 16.4 Å². The average Bonchev–Trinajstić information content (AvgIpc) is 2.69. The lowest BCUT2D eigenvalue weighted by atomic mass is 10.1. The van der Waals surface area contributed by atoms with Crippen molar-refractivity contribution in [2.75, 3.05) is 5.73 Å². The summed E-state index contributed by atoms with van der Waals surface area (Å²) in [7, 11) is 0. The first-order chi connectivity index (χ1) is 8.06. The highest BCUT2D eigenvalue weighted by Gasteiger charge is 2.28. The van der Waals surface area contributed by atoms with Crippen LogP contribution >= 0.6 is 11.3 Å². The van der Waals surface area contributed by atoms with Crippen LogP contribution in [-0.4, -0.2) is 28.7 Å². The molecule has 1 saturated heterocycles. The van der Waals surface area contributed by atoms with Crippen LogP contribution in [0.1, 0.15) is 22.5 Å². The third-order valence-electron chi connectivity index (χ3n) is 2.29. The first-order valence-corrected chi connectivity index (χ1v) is 5.74. The molecule has 90 valence electrons. The number of hydrogen-bond acceptors (Lipinski definition) is 6. The van der Waals surface area contributed by atoms with Crippen molar-refractivity contribution in [3.8, 4) is 0 Å². The van der Waals surface area contributed by atoms with Gasteiger partial charge in [0.1, 0.15) is 10.9 Å². The van der Waals surface area contributed by atoms with Crippen LogP contribution in [0.3, 0.4) is 0 Å². The number of nitrogen functional groups attached to an aromatic ring is 1. The number of rotatable bonds is 2. The van der Waals surface area contributed by atoms with Gasteiger partial charge in [0.05, 0.1) is 6.20 Å². The fourth-order valence-electron chi connectivity index (χ4n) is 1.45. The van der Waals surface area contributed by atoms with Gasteiger partial charge in [0.15, 0.2) is 5.13 Å². The number of aromatic nitrogens is 1. The lowest BCUT2D eigenvalue weighted by Crippen LogP contribution is -2.52. The normalized spacial score (nSPS) is 19.9. The van der Waals surface area contributed by atoms with E-state index in [2.05, 4.69) is 15.6 Å². The number of amides is 3. The summed E-state index contributed by atoms with van der Waals surface area (Å²) < 4.78 is 0. The maximum absolute atomic E-state index is 11.7. The maximum Gasteiger partial charge on any atom is 0.263 e. The third kappa shape index (κ3) is 2.59. The lowest BCUT2D eigenvalue weighted by molar-refractivity contribution is -0.134. The van der Waals surface area contributed by atoms with Crippen LogP contribution in [0.4, 0.5) is 5.13 Å². The van der Waals surface area contributed by atoms with Crippen molar-refractivity contribution in [2.45, 2.75) is 18.9 Å². The van der Waals surface area contributed by atoms with E-state index in [1.807, 2.05) is 0 Å². The van der Waals surface area contributed by atoms with E-state index in [1.165, 1.54) is 6.20 Å². The van der Waals surface area contributed by atoms with E-state index in [-0.39, 0.29) is 12.3 Å². The number of anilines is 1. The Hall–Kier alpha value is -1.96. The van der Waals surface area contributed by atoms with Crippen LogP contribution in [0.5, 0.6) is 0 Å². The van der Waals surface area contributed by atoms with Crippen molar-refractivity contribution in [3.05, 3.63) is 11.1 Å². The highest BCUT2D eigenvalue weighted by Crippen LogP contribution is 2.15. The maximum atomic E-state index is 11.7. The molecule has 0 radical (unpaired) electrons. The van der Waals surface area contributed by atoms with Gasteiger partial charge < -0.3 is 11.1 Å². The highest BCUT2D eigenvalue weighted by atomic mass is 32.1. The van der Waals surface area contributed by atoms with Gasteiger partial charge in [-0.3, -0.25) is 19.7 Å². The van der Waals surface area contributed by atoms with Crippen LogP contribution in [-0.2, 0) is 9.59 Å². The molecule has 8 heteroatoms. The molecule has 1 unspecified atom stereocenters. The molecule has 1 aliphatic heterocycles. The molecule has 2 rings (SSSR count). The van der Waals surface area contributed by atoms with Gasteiger partial charge >= 0.3 is 0 Å². The Labute approximate surface area is 100 Å². The van der Waals surface area contributed by atoms with Crippen LogP contribution in [0.25, 0.3) is 0 Å². The minimum absolute atomic E-state index is 0.224. The van der Waals surface area contributed by atoms with E-state index < -0.39 is 17.9 Å². The van der Waals surface area contributed by atoms with Gasteiger partial charge in [-0.1, -0.05) is 11.3 Å². The predicted molar refractivity (Wildman–Crippen MR) is 60.2 cm³/mol. The summed E-state index contributed by atoms with van der Waals surface area (Å²) in [5, 5.41) is 4.98. The van der Waals surface area contributed by atoms with E-state index in [1.54, 1.807) is 0 Å². The number of nitrogens with zero attached hydrogens (tertiary/aromatic N) is 1. The van der Waals surface area contributed by atoms with Crippen LogP contribution in [0.2, 0.25) is 0 Å². The summed E-state index contributed by atoms with van der Waals surface area (Å²) in [5.41, 5.74) is 5.40. The number of carbonyl (C=O) groups is 3. The van der Waals surface area contributed by atoms with Gasteiger partial charge in [0, 0.05) is 6.42 Å². The van der Waals surface area contributed by atoms with Gasteiger partial charge in [0.25, 0.3) is 5.91 Å². The second kappa shape index (κ2) is 4.50. The number of carbonyl (C=O) groups excluding carboxylic acids is 3.